The Morgan fingerprint density at radius 1 is 1.00 bits per heavy atom. The van der Waals surface area contributed by atoms with E-state index in [0.29, 0.717) is 41.6 Å². The maximum atomic E-state index is 14.0. The van der Waals surface area contributed by atoms with Gasteiger partial charge in [-0.15, -0.1) is 0 Å². The Kier molecular flexibility index (Phi) is 9.99. The molecule has 4 aliphatic rings. The van der Waals surface area contributed by atoms with Crippen LogP contribution in [-0.4, -0.2) is 92.9 Å². The van der Waals surface area contributed by atoms with E-state index in [1.54, 1.807) is 7.11 Å². The van der Waals surface area contributed by atoms with Gasteiger partial charge >= 0.3 is 0 Å². The van der Waals surface area contributed by atoms with Crippen LogP contribution in [-0.2, 0) is 20.7 Å². The minimum Gasteiger partial charge on any atom is -0.493 e. The molecule has 7 rings (SSSR count). The van der Waals surface area contributed by atoms with Gasteiger partial charge in [-0.25, -0.2) is 4.98 Å². The van der Waals surface area contributed by atoms with Gasteiger partial charge < -0.3 is 24.0 Å². The van der Waals surface area contributed by atoms with Crippen molar-refractivity contribution >= 4 is 34.9 Å². The van der Waals surface area contributed by atoms with Crippen molar-refractivity contribution in [1.29, 1.82) is 0 Å². The zero-order valence-electron chi connectivity index (χ0n) is 28.6. The van der Waals surface area contributed by atoms with Crippen LogP contribution >= 0.6 is 11.6 Å². The van der Waals surface area contributed by atoms with E-state index in [0.717, 1.165) is 86.5 Å². The normalized spacial score (nSPS) is 24.3. The molecular weight excluding hydrogens is 642 g/mol. The van der Waals surface area contributed by atoms with E-state index in [-0.39, 0.29) is 24.3 Å². The summed E-state index contributed by atoms with van der Waals surface area (Å²) >= 11 is 6.31. The Bertz CT molecular complexity index is 1640. The van der Waals surface area contributed by atoms with Crippen LogP contribution in [0.4, 0.5) is 11.5 Å². The number of carbonyl (C=O) groups excluding carboxylic acids is 2. The lowest BCUT2D eigenvalue weighted by Crippen LogP contribution is -2.41. The van der Waals surface area contributed by atoms with Gasteiger partial charge in [0, 0.05) is 38.3 Å². The molecule has 0 unspecified atom stereocenters. The topological polar surface area (TPSA) is 87.7 Å². The number of aromatic nitrogens is 1. The molecule has 49 heavy (non-hydrogen) atoms. The Hall–Kier alpha value is -3.86. The lowest BCUT2D eigenvalue weighted by atomic mass is 9.85. The predicted molar refractivity (Wildman–Crippen MR) is 190 cm³/mol. The van der Waals surface area contributed by atoms with E-state index in [2.05, 4.69) is 16.8 Å². The summed E-state index contributed by atoms with van der Waals surface area (Å²) in [7, 11) is 5.60. The van der Waals surface area contributed by atoms with E-state index < -0.39 is 6.04 Å². The maximum absolute atomic E-state index is 14.0. The molecule has 3 fully saturated rings. The summed E-state index contributed by atoms with van der Waals surface area (Å²) < 4.78 is 17.8. The maximum Gasteiger partial charge on any atom is 0.237 e. The van der Waals surface area contributed by atoms with Crippen LogP contribution in [0.3, 0.4) is 0 Å². The zero-order valence-corrected chi connectivity index (χ0v) is 29.4. The van der Waals surface area contributed by atoms with Gasteiger partial charge in [0.25, 0.3) is 0 Å². The Labute approximate surface area is 293 Å². The van der Waals surface area contributed by atoms with Crippen molar-refractivity contribution in [2.24, 2.45) is 5.92 Å². The van der Waals surface area contributed by atoms with Gasteiger partial charge in [-0.3, -0.25) is 19.4 Å². The number of likely N-dealkylation sites (N-methyl/N-ethyl adjacent to an activating group) is 1. The highest BCUT2D eigenvalue weighted by molar-refractivity contribution is 6.30. The van der Waals surface area contributed by atoms with Crippen molar-refractivity contribution in [2.45, 2.75) is 63.1 Å². The molecular formula is C38H46ClN5O5. The molecule has 11 heteroatoms. The van der Waals surface area contributed by atoms with Crippen LogP contribution in [0.15, 0.2) is 54.7 Å². The third-order valence-electron chi connectivity index (χ3n) is 10.6. The average Bonchev–Trinajstić information content (AvgIpc) is 3.76. The molecule has 2 atom stereocenters. The standard InChI is InChI=1S/C38H46ClN5O5/c1-41(21-25-6-12-29(13-7-25)43-22-37(46)42(2)24-43)35-15-14-30(20-40-35)44-36(45)18-27-17-33(47-3)34(49-23-31-5-4-16-48-31)19-32(27)38(44)26-8-10-28(39)11-9-26/h8-11,14-15,17,19-20,25,29,31,38H,4-7,12-13,16,18,21-24H2,1-3H3/t25-,29-,31-,38-/m0/s1. The van der Waals surface area contributed by atoms with Crippen LogP contribution in [0.25, 0.3) is 0 Å². The van der Waals surface area contributed by atoms with E-state index in [4.69, 9.17) is 30.8 Å². The van der Waals surface area contributed by atoms with Gasteiger partial charge in [0.2, 0.25) is 11.8 Å². The second kappa shape index (κ2) is 14.5. The first-order chi connectivity index (χ1) is 23.8. The van der Waals surface area contributed by atoms with Gasteiger partial charge in [-0.1, -0.05) is 23.7 Å². The molecule has 2 aromatic carbocycles. The summed E-state index contributed by atoms with van der Waals surface area (Å²) in [6.45, 7) is 3.41. The molecule has 0 spiro atoms. The van der Waals surface area contributed by atoms with Crippen molar-refractivity contribution in [2.75, 3.05) is 64.0 Å². The first kappa shape index (κ1) is 33.6. The SMILES string of the molecule is COc1cc2c(cc1OC[C@@H]1CCCO1)[C@H](c1ccc(Cl)cc1)N(c1ccc(N(C)C[C@H]3CC[C@H](N4CC(=O)N(C)C4)CC3)nc1)C(=O)C2. The van der Waals surface area contributed by atoms with Crippen molar-refractivity contribution in [3.05, 3.63) is 76.4 Å². The van der Waals surface area contributed by atoms with Crippen molar-refractivity contribution in [3.8, 4) is 11.5 Å². The number of hydrogen-bond acceptors (Lipinski definition) is 8. The third-order valence-corrected chi connectivity index (χ3v) is 10.9. The van der Waals surface area contributed by atoms with Crippen LogP contribution in [0.1, 0.15) is 61.3 Å². The highest BCUT2D eigenvalue weighted by Crippen LogP contribution is 2.44. The number of carbonyl (C=O) groups is 2. The molecule has 4 heterocycles. The predicted octanol–water partition coefficient (Wildman–Crippen LogP) is 5.71. The Balaban J connectivity index is 1.09. The minimum absolute atomic E-state index is 0.0203. The van der Waals surface area contributed by atoms with E-state index >= 15 is 0 Å². The Morgan fingerprint density at radius 2 is 1.80 bits per heavy atom. The van der Waals surface area contributed by atoms with Crippen LogP contribution < -0.4 is 19.3 Å². The number of methoxy groups -OCH3 is 1. The van der Waals surface area contributed by atoms with Crippen molar-refractivity contribution < 1.29 is 23.8 Å². The fraction of sp³-hybridized carbons (Fsp3) is 0.500. The fourth-order valence-corrected chi connectivity index (χ4v) is 8.04. The number of nitrogens with zero attached hydrogens (tertiary/aromatic N) is 5. The molecule has 2 saturated heterocycles. The number of anilines is 2. The molecule has 10 nitrogen and oxygen atoms in total. The lowest BCUT2D eigenvalue weighted by molar-refractivity contribution is -0.125. The highest BCUT2D eigenvalue weighted by Gasteiger charge is 2.37. The van der Waals surface area contributed by atoms with Crippen LogP contribution in [0, 0.1) is 5.92 Å². The van der Waals surface area contributed by atoms with E-state index in [9.17, 15) is 9.59 Å². The summed E-state index contributed by atoms with van der Waals surface area (Å²) in [6, 6.07) is 15.7. The van der Waals surface area contributed by atoms with Gasteiger partial charge in [-0.2, -0.15) is 0 Å². The van der Waals surface area contributed by atoms with Crippen molar-refractivity contribution in [3.63, 3.8) is 0 Å². The number of ether oxygens (including phenoxy) is 3. The van der Waals surface area contributed by atoms with Crippen LogP contribution in [0.2, 0.25) is 5.02 Å². The fourth-order valence-electron chi connectivity index (χ4n) is 7.91. The van der Waals surface area contributed by atoms with Gasteiger partial charge in [0.15, 0.2) is 11.5 Å². The number of rotatable bonds is 10. The molecule has 1 aliphatic carbocycles. The van der Waals surface area contributed by atoms with Crippen molar-refractivity contribution in [1.82, 2.24) is 14.8 Å². The molecule has 260 valence electrons. The summed E-state index contributed by atoms with van der Waals surface area (Å²) in [5.41, 5.74) is 3.56. The molecule has 3 aromatic rings. The first-order valence-corrected chi connectivity index (χ1v) is 17.8. The molecule has 0 bridgehead atoms. The largest absolute Gasteiger partial charge is 0.493 e. The molecule has 0 N–H and O–H groups in total. The molecule has 1 aromatic heterocycles. The van der Waals surface area contributed by atoms with Gasteiger partial charge in [0.1, 0.15) is 12.4 Å². The quantitative estimate of drug-likeness (QED) is 0.268. The number of halogens is 1. The number of amides is 2. The first-order valence-electron chi connectivity index (χ1n) is 17.4. The van der Waals surface area contributed by atoms with Gasteiger partial charge in [-0.05, 0) is 97.5 Å². The third kappa shape index (κ3) is 7.23. The smallest absolute Gasteiger partial charge is 0.237 e. The number of pyridine rings is 1. The van der Waals surface area contributed by atoms with E-state index in [1.165, 1.54) is 0 Å². The van der Waals surface area contributed by atoms with Gasteiger partial charge in [0.05, 0.1) is 50.8 Å². The summed E-state index contributed by atoms with van der Waals surface area (Å²) in [6.07, 6.45) is 8.62. The second-order valence-electron chi connectivity index (χ2n) is 14.0. The lowest BCUT2D eigenvalue weighted by Gasteiger charge is -2.38. The molecule has 0 radical (unpaired) electrons. The number of fused-ring (bicyclic) bond motifs is 1. The zero-order chi connectivity index (χ0) is 34.1. The minimum atomic E-state index is -0.407. The average molecular weight is 688 g/mol. The summed E-state index contributed by atoms with van der Waals surface area (Å²) in [5, 5.41) is 0.634. The molecule has 2 amide bonds. The Morgan fingerprint density at radius 3 is 2.45 bits per heavy atom. The summed E-state index contributed by atoms with van der Waals surface area (Å²) in [5.74, 6) is 2.88. The second-order valence-corrected chi connectivity index (χ2v) is 14.4. The highest BCUT2D eigenvalue weighted by atomic mass is 35.5. The summed E-state index contributed by atoms with van der Waals surface area (Å²) in [4.78, 5) is 39.1. The number of hydrogen-bond donors (Lipinski definition) is 0. The van der Waals surface area contributed by atoms with Crippen LogP contribution in [0.5, 0.6) is 11.5 Å². The molecule has 3 aliphatic heterocycles. The van der Waals surface area contributed by atoms with E-state index in [1.807, 2.05) is 71.6 Å². The molecule has 1 saturated carbocycles. The number of benzene rings is 2. The monoisotopic (exact) mass is 687 g/mol.